The van der Waals surface area contributed by atoms with Crippen LogP contribution in [-0.4, -0.2) is 18.0 Å². The lowest BCUT2D eigenvalue weighted by atomic mass is 10.2. The van der Waals surface area contributed by atoms with Crippen molar-refractivity contribution in [1.29, 1.82) is 5.26 Å². The first-order valence-electron chi connectivity index (χ1n) is 6.73. The molecule has 2 aromatic rings. The van der Waals surface area contributed by atoms with Crippen molar-refractivity contribution in [3.8, 4) is 6.07 Å². The minimum atomic E-state index is 0. The molecule has 2 nitrogen and oxygen atoms in total. The summed E-state index contributed by atoms with van der Waals surface area (Å²) in [6.45, 7) is 2.01. The molecule has 0 saturated heterocycles. The fraction of sp³-hybridized carbons (Fsp3) is 0.167. The molecule has 2 aromatic carbocycles. The van der Waals surface area contributed by atoms with E-state index in [1.54, 1.807) is 0 Å². The van der Waals surface area contributed by atoms with Gasteiger partial charge >= 0.3 is 0 Å². The molecule has 0 radical (unpaired) electrons. The molecule has 0 aromatic heterocycles. The van der Waals surface area contributed by atoms with E-state index in [0.29, 0.717) is 6.54 Å². The molecular formula is C18H19ClN2. The summed E-state index contributed by atoms with van der Waals surface area (Å²) >= 11 is 0. The molecule has 0 atom stereocenters. The lowest BCUT2D eigenvalue weighted by molar-refractivity contribution is 0.331. The summed E-state index contributed by atoms with van der Waals surface area (Å²) in [7, 11) is 0. The molecule has 0 saturated carbocycles. The highest BCUT2D eigenvalue weighted by molar-refractivity contribution is 5.85. The van der Waals surface area contributed by atoms with Crippen molar-refractivity contribution < 1.29 is 0 Å². The smallest absolute Gasteiger partial charge is 0.0871 e. The highest BCUT2D eigenvalue weighted by Gasteiger charge is 2.02. The van der Waals surface area contributed by atoms with Gasteiger partial charge in [-0.05, 0) is 11.1 Å². The Kier molecular flexibility index (Phi) is 7.89. The van der Waals surface area contributed by atoms with E-state index in [2.05, 4.69) is 47.4 Å². The second kappa shape index (κ2) is 9.77. The van der Waals surface area contributed by atoms with E-state index < -0.39 is 0 Å². The van der Waals surface area contributed by atoms with Gasteiger partial charge in [0.2, 0.25) is 0 Å². The van der Waals surface area contributed by atoms with Crippen molar-refractivity contribution >= 4 is 18.5 Å². The van der Waals surface area contributed by atoms with Gasteiger partial charge in [0.25, 0.3) is 0 Å². The molecule has 0 N–H and O–H groups in total. The molecule has 21 heavy (non-hydrogen) atoms. The summed E-state index contributed by atoms with van der Waals surface area (Å²) in [6, 6.07) is 22.7. The second-order valence-corrected chi connectivity index (χ2v) is 4.63. The first-order valence-corrected chi connectivity index (χ1v) is 6.73. The van der Waals surface area contributed by atoms with Gasteiger partial charge in [-0.15, -0.1) is 12.4 Å². The lowest BCUT2D eigenvalue weighted by Gasteiger charge is -2.16. The van der Waals surface area contributed by atoms with Gasteiger partial charge < -0.3 is 0 Å². The summed E-state index contributed by atoms with van der Waals surface area (Å²) in [4.78, 5) is 2.12. The highest BCUT2D eigenvalue weighted by Crippen LogP contribution is 2.05. The van der Waals surface area contributed by atoms with Crippen molar-refractivity contribution in [1.82, 2.24) is 4.90 Å². The van der Waals surface area contributed by atoms with Crippen LogP contribution in [0.15, 0.2) is 66.7 Å². The van der Waals surface area contributed by atoms with Crippen LogP contribution < -0.4 is 0 Å². The molecule has 0 heterocycles. The van der Waals surface area contributed by atoms with Gasteiger partial charge in [-0.3, -0.25) is 4.90 Å². The lowest BCUT2D eigenvalue weighted by Crippen LogP contribution is -2.23. The zero-order valence-corrected chi connectivity index (χ0v) is 12.7. The third-order valence-corrected chi connectivity index (χ3v) is 3.02. The predicted octanol–water partition coefficient (Wildman–Crippen LogP) is 4.15. The summed E-state index contributed by atoms with van der Waals surface area (Å²) in [5, 5.41) is 8.92. The largest absolute Gasteiger partial charge is 0.283 e. The average Bonchev–Trinajstić information content (AvgIpc) is 2.49. The van der Waals surface area contributed by atoms with Gasteiger partial charge in [-0.25, -0.2) is 0 Å². The minimum absolute atomic E-state index is 0. The molecule has 0 aliphatic carbocycles. The molecule has 2 rings (SSSR count). The third kappa shape index (κ3) is 6.27. The molecule has 108 valence electrons. The average molecular weight is 299 g/mol. The molecule has 0 bridgehead atoms. The number of hydrogen-bond donors (Lipinski definition) is 0. The molecule has 0 aliphatic rings. The van der Waals surface area contributed by atoms with Crippen LogP contribution in [0.3, 0.4) is 0 Å². The van der Waals surface area contributed by atoms with Crippen LogP contribution in [0.1, 0.15) is 11.1 Å². The summed E-state index contributed by atoms with van der Waals surface area (Å²) < 4.78 is 0. The maximum atomic E-state index is 8.92. The van der Waals surface area contributed by atoms with E-state index in [0.717, 1.165) is 13.1 Å². The van der Waals surface area contributed by atoms with Crippen LogP contribution in [0.2, 0.25) is 0 Å². The Bertz CT molecular complexity index is 573. The normalized spacial score (nSPS) is 10.3. The van der Waals surface area contributed by atoms with Crippen molar-refractivity contribution in [2.45, 2.75) is 6.54 Å². The van der Waals surface area contributed by atoms with Gasteiger partial charge in [-0.2, -0.15) is 5.26 Å². The number of halogens is 1. The van der Waals surface area contributed by atoms with Crippen molar-refractivity contribution in [3.63, 3.8) is 0 Å². The van der Waals surface area contributed by atoms with Gasteiger partial charge in [0.05, 0.1) is 12.6 Å². The maximum absolute atomic E-state index is 8.92. The van der Waals surface area contributed by atoms with Gasteiger partial charge in [0, 0.05) is 13.1 Å². The van der Waals surface area contributed by atoms with E-state index >= 15 is 0 Å². The Morgan fingerprint density at radius 3 is 2.19 bits per heavy atom. The standard InChI is InChI=1S/C18H18N2.ClH/c19-13-15-20(16-18-10-5-2-6-11-18)14-7-12-17-8-3-1-4-9-17;/h1-12H,14-16H2;1H/b12-7+;. The van der Waals surface area contributed by atoms with Crippen LogP contribution in [-0.2, 0) is 6.54 Å². The van der Waals surface area contributed by atoms with E-state index in [4.69, 9.17) is 5.26 Å². The molecular weight excluding hydrogens is 280 g/mol. The molecule has 0 aliphatic heterocycles. The van der Waals surface area contributed by atoms with Crippen LogP contribution in [0.4, 0.5) is 0 Å². The number of benzene rings is 2. The number of nitriles is 1. The monoisotopic (exact) mass is 298 g/mol. The van der Waals surface area contributed by atoms with Gasteiger partial charge in [0.15, 0.2) is 0 Å². The fourth-order valence-corrected chi connectivity index (χ4v) is 2.03. The van der Waals surface area contributed by atoms with E-state index in [9.17, 15) is 0 Å². The molecule has 0 unspecified atom stereocenters. The van der Waals surface area contributed by atoms with Crippen molar-refractivity contribution in [2.75, 3.05) is 13.1 Å². The Hall–Kier alpha value is -2.08. The van der Waals surface area contributed by atoms with E-state index in [1.807, 2.05) is 36.4 Å². The first-order chi connectivity index (χ1) is 9.88. The fourth-order valence-electron chi connectivity index (χ4n) is 2.03. The molecule has 0 fully saturated rings. The second-order valence-electron chi connectivity index (χ2n) is 4.63. The van der Waals surface area contributed by atoms with E-state index in [1.165, 1.54) is 11.1 Å². The van der Waals surface area contributed by atoms with Gasteiger partial charge in [-0.1, -0.05) is 72.8 Å². The maximum Gasteiger partial charge on any atom is 0.0871 e. The topological polar surface area (TPSA) is 27.0 Å². The van der Waals surface area contributed by atoms with Crippen LogP contribution in [0.25, 0.3) is 6.08 Å². The summed E-state index contributed by atoms with van der Waals surface area (Å²) in [6.07, 6.45) is 4.20. The Morgan fingerprint density at radius 1 is 0.952 bits per heavy atom. The van der Waals surface area contributed by atoms with Crippen LogP contribution in [0, 0.1) is 11.3 Å². The SMILES string of the molecule is Cl.N#CCN(C/C=C/c1ccccc1)Cc1ccccc1. The van der Waals surface area contributed by atoms with E-state index in [-0.39, 0.29) is 12.4 Å². The summed E-state index contributed by atoms with van der Waals surface area (Å²) in [5.74, 6) is 0. The van der Waals surface area contributed by atoms with Crippen LogP contribution in [0.5, 0.6) is 0 Å². The number of hydrogen-bond acceptors (Lipinski definition) is 2. The van der Waals surface area contributed by atoms with Crippen molar-refractivity contribution in [2.24, 2.45) is 0 Å². The zero-order valence-electron chi connectivity index (χ0n) is 11.9. The highest BCUT2D eigenvalue weighted by atomic mass is 35.5. The van der Waals surface area contributed by atoms with Crippen molar-refractivity contribution in [3.05, 3.63) is 77.9 Å². The number of nitrogens with zero attached hydrogens (tertiary/aromatic N) is 2. The van der Waals surface area contributed by atoms with Gasteiger partial charge in [0.1, 0.15) is 0 Å². The third-order valence-electron chi connectivity index (χ3n) is 3.02. The minimum Gasteiger partial charge on any atom is -0.283 e. The molecule has 0 spiro atoms. The van der Waals surface area contributed by atoms with Crippen LogP contribution >= 0.6 is 12.4 Å². The summed E-state index contributed by atoms with van der Waals surface area (Å²) in [5.41, 5.74) is 2.42. The number of rotatable bonds is 6. The molecule has 3 heteroatoms. The first kappa shape index (κ1) is 17.0. The Labute approximate surface area is 132 Å². The zero-order chi connectivity index (χ0) is 14.0. The Balaban J connectivity index is 0.00000220. The molecule has 0 amide bonds. The predicted molar refractivity (Wildman–Crippen MR) is 90.1 cm³/mol. The quantitative estimate of drug-likeness (QED) is 0.749. The Morgan fingerprint density at radius 2 is 1.57 bits per heavy atom.